The molecule has 1 N–H and O–H groups in total. The lowest BCUT2D eigenvalue weighted by Crippen LogP contribution is -2.59. The minimum atomic E-state index is -1.26. The quantitative estimate of drug-likeness (QED) is 0.179. The molecule has 8 nitrogen and oxygen atoms in total. The van der Waals surface area contributed by atoms with Crippen LogP contribution in [0.15, 0.2) is 79.9 Å². The number of halogens is 1. The molecule has 2 aromatic rings. The Morgan fingerprint density at radius 2 is 1.86 bits per heavy atom. The number of nitrogens with zero attached hydrogens (tertiary/aromatic N) is 2. The number of allylic oxidation sites excluding steroid dienone is 1. The summed E-state index contributed by atoms with van der Waals surface area (Å²) in [6.45, 7) is 9.48. The first-order valence-electron chi connectivity index (χ1n) is 15.3. The Labute approximate surface area is 264 Å². The van der Waals surface area contributed by atoms with Crippen LogP contribution in [0.4, 0.5) is 5.69 Å². The summed E-state index contributed by atoms with van der Waals surface area (Å²) in [5.74, 6) is -3.01. The van der Waals surface area contributed by atoms with E-state index in [4.69, 9.17) is 21.1 Å². The minimum absolute atomic E-state index is 0.176. The van der Waals surface area contributed by atoms with E-state index in [9.17, 15) is 19.5 Å². The smallest absolute Gasteiger partial charge is 0.312 e. The zero-order valence-corrected chi connectivity index (χ0v) is 26.0. The summed E-state index contributed by atoms with van der Waals surface area (Å²) in [5.41, 5.74) is -0.718. The highest BCUT2D eigenvalue weighted by Crippen LogP contribution is 2.64. The van der Waals surface area contributed by atoms with Gasteiger partial charge in [-0.05, 0) is 75.3 Å². The van der Waals surface area contributed by atoms with Gasteiger partial charge < -0.3 is 24.4 Å². The van der Waals surface area contributed by atoms with Crippen LogP contribution in [-0.2, 0) is 30.3 Å². The van der Waals surface area contributed by atoms with Gasteiger partial charge in [-0.15, -0.1) is 13.2 Å². The molecule has 0 saturated carbocycles. The Bertz CT molecular complexity index is 1380. The van der Waals surface area contributed by atoms with Crippen LogP contribution in [0.25, 0.3) is 0 Å². The van der Waals surface area contributed by atoms with Crippen molar-refractivity contribution in [3.8, 4) is 0 Å². The molecule has 3 aliphatic rings. The average Bonchev–Trinajstić information content (AvgIpc) is 3.59. The summed E-state index contributed by atoms with van der Waals surface area (Å²) in [4.78, 5) is 46.2. The topological polar surface area (TPSA) is 96.4 Å². The van der Waals surface area contributed by atoms with E-state index in [0.717, 1.165) is 18.4 Å². The number of carbonyl (C=O) groups excluding carboxylic acids is 3. The van der Waals surface area contributed by atoms with Gasteiger partial charge in [0.25, 0.3) is 5.91 Å². The van der Waals surface area contributed by atoms with Gasteiger partial charge in [-0.1, -0.05) is 54.1 Å². The van der Waals surface area contributed by atoms with Crippen molar-refractivity contribution >= 4 is 35.1 Å². The Morgan fingerprint density at radius 1 is 1.14 bits per heavy atom. The summed E-state index contributed by atoms with van der Waals surface area (Å²) < 4.78 is 12.5. The van der Waals surface area contributed by atoms with Crippen molar-refractivity contribution in [2.24, 2.45) is 11.8 Å². The van der Waals surface area contributed by atoms with Crippen molar-refractivity contribution < 1.29 is 29.0 Å². The van der Waals surface area contributed by atoms with Gasteiger partial charge in [0.1, 0.15) is 17.6 Å². The number of aliphatic hydroxyl groups excluding tert-OH is 1. The molecule has 0 aliphatic carbocycles. The Balaban J connectivity index is 1.55. The third kappa shape index (κ3) is 5.71. The maximum absolute atomic E-state index is 14.8. The van der Waals surface area contributed by atoms with Crippen LogP contribution in [0.5, 0.6) is 0 Å². The van der Waals surface area contributed by atoms with E-state index in [2.05, 4.69) is 13.2 Å². The van der Waals surface area contributed by atoms with Crippen molar-refractivity contribution in [3.05, 3.63) is 90.5 Å². The molecule has 5 rings (SSSR count). The summed E-state index contributed by atoms with van der Waals surface area (Å²) in [7, 11) is 0. The molecular formula is C35H41ClN2O6. The second-order valence-electron chi connectivity index (χ2n) is 12.2. The molecule has 1 spiro atoms. The molecular weight excluding hydrogens is 580 g/mol. The number of fused-ring (bicyclic) bond motifs is 1. The van der Waals surface area contributed by atoms with Gasteiger partial charge in [-0.25, -0.2) is 0 Å². The second-order valence-corrected chi connectivity index (χ2v) is 12.6. The molecule has 0 radical (unpaired) electrons. The number of likely N-dealkylation sites (tertiary alicyclic amines) is 1. The zero-order chi connectivity index (χ0) is 31.5. The third-order valence-corrected chi connectivity index (χ3v) is 9.64. The molecule has 3 fully saturated rings. The maximum Gasteiger partial charge on any atom is 0.312 e. The molecule has 2 aromatic carbocycles. The van der Waals surface area contributed by atoms with E-state index in [1.54, 1.807) is 35.2 Å². The van der Waals surface area contributed by atoms with Crippen LogP contribution in [0, 0.1) is 11.8 Å². The summed E-state index contributed by atoms with van der Waals surface area (Å²) in [5, 5.41) is 11.2. The molecule has 9 heteroatoms. The van der Waals surface area contributed by atoms with Gasteiger partial charge in [0.15, 0.2) is 0 Å². The van der Waals surface area contributed by atoms with E-state index < -0.39 is 41.1 Å². The van der Waals surface area contributed by atoms with Crippen molar-refractivity contribution in [1.82, 2.24) is 4.90 Å². The molecule has 2 bridgehead atoms. The van der Waals surface area contributed by atoms with Crippen LogP contribution in [0.3, 0.4) is 0 Å². The predicted molar refractivity (Wildman–Crippen MR) is 169 cm³/mol. The van der Waals surface area contributed by atoms with Gasteiger partial charge in [0.05, 0.1) is 30.8 Å². The van der Waals surface area contributed by atoms with E-state index in [1.165, 1.54) is 4.90 Å². The molecule has 44 heavy (non-hydrogen) atoms. The monoisotopic (exact) mass is 620 g/mol. The maximum atomic E-state index is 14.8. The van der Waals surface area contributed by atoms with Crippen molar-refractivity contribution in [2.75, 3.05) is 24.7 Å². The lowest BCUT2D eigenvalue weighted by Gasteiger charge is -2.39. The van der Waals surface area contributed by atoms with Crippen LogP contribution in [0.2, 0.25) is 5.02 Å². The van der Waals surface area contributed by atoms with Crippen LogP contribution in [0.1, 0.15) is 44.6 Å². The molecule has 234 valence electrons. The van der Waals surface area contributed by atoms with Crippen LogP contribution in [-0.4, -0.2) is 70.8 Å². The van der Waals surface area contributed by atoms with Gasteiger partial charge in [0, 0.05) is 17.3 Å². The first-order valence-corrected chi connectivity index (χ1v) is 15.7. The van der Waals surface area contributed by atoms with Gasteiger partial charge in [-0.2, -0.15) is 0 Å². The number of hydrogen-bond acceptors (Lipinski definition) is 6. The lowest BCUT2D eigenvalue weighted by molar-refractivity contribution is -0.160. The Kier molecular flexibility index (Phi) is 9.63. The normalized spacial score (nSPS) is 27.6. The number of benzene rings is 2. The van der Waals surface area contributed by atoms with Gasteiger partial charge in [0.2, 0.25) is 5.91 Å². The van der Waals surface area contributed by atoms with Crippen LogP contribution < -0.4 is 4.90 Å². The number of rotatable bonds is 14. The Morgan fingerprint density at radius 3 is 2.52 bits per heavy atom. The number of carbonyl (C=O) groups is 3. The SMILES string of the molecule is C=CCCCCOC(=O)[C@@H]1[C@H]2C(=O)N([C@@H](CO)Cc3ccccc3)C(C(=O)N(CC=C)c3ccc(Cl)cc3)C23CC[C@@]1(C)O3. The molecule has 3 heterocycles. The summed E-state index contributed by atoms with van der Waals surface area (Å²) in [6.07, 6.45) is 7.03. The highest BCUT2D eigenvalue weighted by molar-refractivity contribution is 6.30. The fourth-order valence-corrected chi connectivity index (χ4v) is 7.53. The molecule has 2 amide bonds. The van der Waals surface area contributed by atoms with Crippen molar-refractivity contribution in [1.29, 1.82) is 0 Å². The number of unbranched alkanes of at least 4 members (excludes halogenated alkanes) is 2. The average molecular weight is 621 g/mol. The fraction of sp³-hybridized carbons (Fsp3) is 0.457. The molecule has 2 unspecified atom stereocenters. The predicted octanol–water partition coefficient (Wildman–Crippen LogP) is 5.13. The Hall–Kier alpha value is -3.46. The second kappa shape index (κ2) is 13.3. The molecule has 3 saturated heterocycles. The fourth-order valence-electron chi connectivity index (χ4n) is 7.40. The largest absolute Gasteiger partial charge is 0.465 e. The summed E-state index contributed by atoms with van der Waals surface area (Å²) in [6, 6.07) is 14.6. The zero-order valence-electron chi connectivity index (χ0n) is 25.2. The van der Waals surface area contributed by atoms with Crippen LogP contribution >= 0.6 is 11.6 Å². The minimum Gasteiger partial charge on any atom is -0.465 e. The standard InChI is InChI=1S/C35H41ClN2O6/c1-4-6-7-11-21-43-33(42)29-28-31(40)38(27(23-39)22-24-12-9-8-10-13-24)30(35(28)19-18-34(29,3)44-35)32(41)37(20-5-2)26-16-14-25(36)15-17-26/h4-5,8-10,12-17,27-30,39H,1-2,6-7,11,18-23H2,3H3/t27-,28+,29+,30?,34-,35?/m1/s1. The summed E-state index contributed by atoms with van der Waals surface area (Å²) >= 11 is 6.15. The number of amides is 2. The van der Waals surface area contributed by atoms with Crippen molar-refractivity contribution in [3.63, 3.8) is 0 Å². The highest BCUT2D eigenvalue weighted by Gasteiger charge is 2.79. The van der Waals surface area contributed by atoms with E-state index in [-0.39, 0.29) is 31.6 Å². The number of anilines is 1. The number of esters is 1. The van der Waals surface area contributed by atoms with E-state index in [0.29, 0.717) is 36.4 Å². The number of hydrogen-bond donors (Lipinski definition) is 1. The number of aliphatic hydroxyl groups is 1. The number of ether oxygens (including phenoxy) is 2. The molecule has 3 aliphatic heterocycles. The van der Waals surface area contributed by atoms with Gasteiger partial charge in [-0.3, -0.25) is 14.4 Å². The molecule has 6 atom stereocenters. The van der Waals surface area contributed by atoms with E-state index in [1.807, 2.05) is 43.3 Å². The third-order valence-electron chi connectivity index (χ3n) is 9.38. The van der Waals surface area contributed by atoms with E-state index >= 15 is 0 Å². The molecule has 0 aromatic heterocycles. The first kappa shape index (κ1) is 31.9. The highest BCUT2D eigenvalue weighted by atomic mass is 35.5. The van der Waals surface area contributed by atoms with Crippen molar-refractivity contribution in [2.45, 2.75) is 68.7 Å². The lowest BCUT2D eigenvalue weighted by atomic mass is 9.66. The van der Waals surface area contributed by atoms with Gasteiger partial charge >= 0.3 is 5.97 Å². The first-order chi connectivity index (χ1) is 21.2.